The van der Waals surface area contributed by atoms with Gasteiger partial charge in [-0.15, -0.1) is 0 Å². The maximum atomic E-state index is 6.26. The van der Waals surface area contributed by atoms with E-state index in [-0.39, 0.29) is 0 Å². The summed E-state index contributed by atoms with van der Waals surface area (Å²) in [5, 5.41) is 0. The van der Waals surface area contributed by atoms with Crippen LogP contribution in [0.15, 0.2) is 0 Å². The topological polar surface area (TPSA) is 3.24 Å². The number of rotatable bonds is 6. The first-order valence-corrected chi connectivity index (χ1v) is 18.3. The second-order valence-corrected chi connectivity index (χ2v) is 28.9. The first-order chi connectivity index (χ1) is 5.49. The van der Waals surface area contributed by atoms with Crippen molar-refractivity contribution in [2.24, 2.45) is 0 Å². The van der Waals surface area contributed by atoms with Crippen molar-refractivity contribution >= 4 is 33.7 Å². The number of hydrogen-bond donors (Lipinski definition) is 0. The van der Waals surface area contributed by atoms with Crippen LogP contribution in [-0.2, 0) is 0 Å². The molecule has 74 valence electrons. The van der Waals surface area contributed by atoms with Crippen molar-refractivity contribution in [2.75, 3.05) is 25.4 Å². The summed E-state index contributed by atoms with van der Waals surface area (Å²) in [5.41, 5.74) is 0. The molecule has 0 fully saturated rings. The van der Waals surface area contributed by atoms with Crippen molar-refractivity contribution in [3.05, 3.63) is 0 Å². The van der Waals surface area contributed by atoms with Crippen molar-refractivity contribution < 1.29 is 0 Å². The molecular weight excluding hydrogens is 296 g/mol. The average molecular weight is 316 g/mol. The molecule has 0 spiro atoms. The summed E-state index contributed by atoms with van der Waals surface area (Å²) >= 11 is -2.04. The van der Waals surface area contributed by atoms with Crippen LogP contribution in [0.1, 0.15) is 13.8 Å². The van der Waals surface area contributed by atoms with E-state index in [1.54, 1.807) is 0 Å². The third kappa shape index (κ3) is 8.02. The van der Waals surface area contributed by atoms with Gasteiger partial charge in [0, 0.05) is 0 Å². The van der Waals surface area contributed by atoms with Crippen LogP contribution in [0.3, 0.4) is 0 Å². The molecule has 4 heteroatoms. The van der Waals surface area contributed by atoms with Gasteiger partial charge in [-0.25, -0.2) is 0 Å². The Bertz CT molecular complexity index is 112. The van der Waals surface area contributed by atoms with Crippen LogP contribution >= 0.6 is 17.9 Å². The molecule has 0 saturated heterocycles. The normalized spacial score (nSPS) is 12.5. The fourth-order valence-corrected chi connectivity index (χ4v) is 8.28. The molecule has 0 aliphatic heterocycles. The summed E-state index contributed by atoms with van der Waals surface area (Å²) in [4.78, 5) is 6.95. The van der Waals surface area contributed by atoms with Gasteiger partial charge in [0.25, 0.3) is 0 Å². The van der Waals surface area contributed by atoms with E-state index in [2.05, 4.69) is 28.6 Å². The minimum atomic E-state index is -2.04. The third-order valence-corrected chi connectivity index (χ3v) is 12.6. The van der Waals surface area contributed by atoms with Crippen LogP contribution in [0.4, 0.5) is 0 Å². The van der Waals surface area contributed by atoms with Crippen molar-refractivity contribution in [1.29, 1.82) is 0 Å². The van der Waals surface area contributed by atoms with Crippen molar-refractivity contribution in [3.8, 4) is 0 Å². The summed E-state index contributed by atoms with van der Waals surface area (Å²) in [6, 6.07) is 0. The zero-order valence-corrected chi connectivity index (χ0v) is 13.0. The molecule has 0 aromatic heterocycles. The molecule has 0 atom stereocenters. The van der Waals surface area contributed by atoms with E-state index < -0.39 is 15.9 Å². The molecule has 0 radical (unpaired) electrons. The second-order valence-electron chi connectivity index (χ2n) is 3.24. The molecule has 0 aliphatic rings. The predicted molar refractivity (Wildman–Crippen MR) is 63.6 cm³/mol. The van der Waals surface area contributed by atoms with Gasteiger partial charge in [0.15, 0.2) is 0 Å². The van der Waals surface area contributed by atoms with E-state index in [1.165, 1.54) is 12.3 Å². The molecule has 12 heavy (non-hydrogen) atoms. The maximum absolute atomic E-state index is 6.26. The Hall–Kier alpha value is 1.40. The van der Waals surface area contributed by atoms with E-state index in [4.69, 9.17) is 8.92 Å². The van der Waals surface area contributed by atoms with Gasteiger partial charge in [0.2, 0.25) is 0 Å². The zero-order chi connectivity index (χ0) is 9.61. The Kier molecular flexibility index (Phi) is 7.59. The van der Waals surface area contributed by atoms with Gasteiger partial charge >= 0.3 is 87.7 Å². The molecule has 0 amide bonds. The monoisotopic (exact) mass is 317 g/mol. The van der Waals surface area contributed by atoms with E-state index in [9.17, 15) is 0 Å². The Labute approximate surface area is 87.3 Å². The fourth-order valence-electron chi connectivity index (χ4n) is 0.957. The van der Waals surface area contributed by atoms with Crippen LogP contribution in [-0.4, -0.2) is 46.2 Å². The predicted octanol–water partition coefficient (Wildman–Crippen LogP) is 3.00. The second kappa shape index (κ2) is 6.79. The van der Waals surface area contributed by atoms with Gasteiger partial charge in [0.1, 0.15) is 0 Å². The van der Waals surface area contributed by atoms with E-state index >= 15 is 0 Å². The van der Waals surface area contributed by atoms with Gasteiger partial charge in [0.05, 0.1) is 0 Å². The van der Waals surface area contributed by atoms with E-state index in [1.807, 2.05) is 8.95 Å². The number of halogens is 1. The Morgan fingerprint density at radius 3 is 2.08 bits per heavy atom. The molecule has 0 saturated carbocycles. The molecular formula is C8H20ClNSSn. The Balaban J connectivity index is 3.41. The standard InChI is InChI=1S/C6H15NS.2CH3.ClH.Sn/c1-3-7(4-2)5-6-8;;;;/h8H,3-6H2,1-2H3;2*1H3;1H;/q;;;;+2/p-2. The SMILES string of the molecule is CCN(CC)CC[S][Sn]([CH3])([CH3])[Cl]. The summed E-state index contributed by atoms with van der Waals surface area (Å²) in [6.07, 6.45) is 0. The van der Waals surface area contributed by atoms with E-state index in [0.717, 1.165) is 13.1 Å². The van der Waals surface area contributed by atoms with Crippen LogP contribution in [0.2, 0.25) is 9.88 Å². The zero-order valence-electron chi connectivity index (χ0n) is 8.56. The summed E-state index contributed by atoms with van der Waals surface area (Å²) < 4.78 is 0. The van der Waals surface area contributed by atoms with Crippen LogP contribution in [0.5, 0.6) is 0 Å². The van der Waals surface area contributed by atoms with Gasteiger partial charge in [-0.05, 0) is 0 Å². The van der Waals surface area contributed by atoms with Crippen LogP contribution in [0.25, 0.3) is 0 Å². The van der Waals surface area contributed by atoms with Gasteiger partial charge in [-0.1, -0.05) is 0 Å². The number of nitrogens with zero attached hydrogens (tertiary/aromatic N) is 1. The quantitative estimate of drug-likeness (QED) is 0.693. The molecule has 0 heterocycles. The third-order valence-electron chi connectivity index (χ3n) is 1.75. The first-order valence-electron chi connectivity index (χ1n) is 4.54. The van der Waals surface area contributed by atoms with Crippen LogP contribution < -0.4 is 0 Å². The molecule has 0 bridgehead atoms. The molecule has 0 rings (SSSR count). The van der Waals surface area contributed by atoms with Crippen LogP contribution in [0, 0.1) is 0 Å². The van der Waals surface area contributed by atoms with Gasteiger partial charge in [-0.3, -0.25) is 0 Å². The molecule has 0 unspecified atom stereocenters. The van der Waals surface area contributed by atoms with Gasteiger partial charge in [-0.2, -0.15) is 0 Å². The molecule has 1 nitrogen and oxygen atoms in total. The molecule has 0 N–H and O–H groups in total. The molecule has 0 aromatic carbocycles. The summed E-state index contributed by atoms with van der Waals surface area (Å²) in [6.45, 7) is 7.95. The average Bonchev–Trinajstić information content (AvgIpc) is 1.96. The Morgan fingerprint density at radius 1 is 1.25 bits per heavy atom. The van der Waals surface area contributed by atoms with Gasteiger partial charge < -0.3 is 0 Å². The Morgan fingerprint density at radius 2 is 1.75 bits per heavy atom. The van der Waals surface area contributed by atoms with Crippen molar-refractivity contribution in [1.82, 2.24) is 4.90 Å². The fraction of sp³-hybridized carbons (Fsp3) is 1.00. The number of hydrogen-bond acceptors (Lipinski definition) is 2. The molecule has 0 aromatic rings. The first kappa shape index (κ1) is 13.4. The summed E-state index contributed by atoms with van der Waals surface area (Å²) in [5.74, 6) is 1.22. The van der Waals surface area contributed by atoms with E-state index in [0.29, 0.717) is 0 Å². The molecule has 0 aliphatic carbocycles. The van der Waals surface area contributed by atoms with Crippen molar-refractivity contribution in [3.63, 3.8) is 0 Å². The minimum absolute atomic E-state index is 1.16. The summed E-state index contributed by atoms with van der Waals surface area (Å²) in [7, 11) is 8.28. The van der Waals surface area contributed by atoms with Crippen molar-refractivity contribution in [2.45, 2.75) is 23.7 Å².